The Morgan fingerprint density at radius 3 is 2.15 bits per heavy atom. The second-order valence-electron chi connectivity index (χ2n) is 7.41. The van der Waals surface area contributed by atoms with Crippen molar-refractivity contribution < 1.29 is 0 Å². The van der Waals surface area contributed by atoms with Gasteiger partial charge < -0.3 is 5.32 Å². The Hall–Kier alpha value is -2.36. The number of benzene rings is 1. The first kappa shape index (κ1) is 18.4. The summed E-state index contributed by atoms with van der Waals surface area (Å²) in [6, 6.07) is 7.04. The van der Waals surface area contributed by atoms with Crippen molar-refractivity contribution in [2.45, 2.75) is 60.4 Å². The van der Waals surface area contributed by atoms with Gasteiger partial charge in [0.2, 0.25) is 0 Å². The van der Waals surface area contributed by atoms with Crippen LogP contribution < -0.4 is 5.32 Å². The molecule has 0 saturated carbocycles. The number of anilines is 1. The van der Waals surface area contributed by atoms with Gasteiger partial charge in [0, 0.05) is 24.3 Å². The lowest BCUT2D eigenvalue weighted by Crippen LogP contribution is -2.17. The largest absolute Gasteiger partial charge is 0.380 e. The summed E-state index contributed by atoms with van der Waals surface area (Å²) in [5.74, 6) is 0. The molecule has 3 rings (SSSR count). The van der Waals surface area contributed by atoms with Crippen molar-refractivity contribution in [1.29, 1.82) is 0 Å². The maximum absolute atomic E-state index is 4.87. The molecule has 4 heteroatoms. The highest BCUT2D eigenvalue weighted by Crippen LogP contribution is 2.35. The minimum atomic E-state index is 0.452. The molecule has 3 aromatic rings. The number of aryl methyl sites for hydroxylation is 5. The van der Waals surface area contributed by atoms with Gasteiger partial charge in [-0.25, -0.2) is 4.98 Å². The minimum absolute atomic E-state index is 0.452. The molecule has 0 bridgehead atoms. The third-order valence-electron chi connectivity index (χ3n) is 5.18. The molecule has 0 aliphatic heterocycles. The Kier molecular flexibility index (Phi) is 5.03. The van der Waals surface area contributed by atoms with E-state index in [-0.39, 0.29) is 0 Å². The number of hydrogen-bond donors (Lipinski definition) is 1. The molecule has 0 aliphatic rings. The summed E-state index contributed by atoms with van der Waals surface area (Å²) in [7, 11) is 2.02. The lowest BCUT2D eigenvalue weighted by molar-refractivity contribution is 0.672. The van der Waals surface area contributed by atoms with E-state index in [0.717, 1.165) is 41.0 Å². The van der Waals surface area contributed by atoms with Crippen molar-refractivity contribution in [3.05, 3.63) is 40.6 Å². The average Bonchev–Trinajstić information content (AvgIpc) is 2.88. The Morgan fingerprint density at radius 2 is 1.58 bits per heavy atom. The van der Waals surface area contributed by atoms with Crippen LogP contribution in [-0.4, -0.2) is 20.8 Å². The fraction of sp³-hybridized carbons (Fsp3) is 0.455. The molecule has 1 aromatic carbocycles. The van der Waals surface area contributed by atoms with E-state index in [0.29, 0.717) is 6.04 Å². The number of rotatable bonds is 5. The fourth-order valence-electron chi connectivity index (χ4n) is 3.94. The summed E-state index contributed by atoms with van der Waals surface area (Å²) in [4.78, 5) is 4.87. The van der Waals surface area contributed by atoms with Crippen LogP contribution in [0.3, 0.4) is 0 Å². The van der Waals surface area contributed by atoms with Gasteiger partial charge in [-0.05, 0) is 57.7 Å². The average molecular weight is 351 g/mol. The smallest absolute Gasteiger partial charge is 0.135 e. The molecule has 2 heterocycles. The van der Waals surface area contributed by atoms with Crippen molar-refractivity contribution in [2.24, 2.45) is 7.05 Å². The van der Waals surface area contributed by atoms with Crippen LogP contribution in [0.2, 0.25) is 0 Å². The van der Waals surface area contributed by atoms with Gasteiger partial charge in [0.05, 0.1) is 11.4 Å². The molecule has 0 unspecified atom stereocenters. The van der Waals surface area contributed by atoms with Gasteiger partial charge in [-0.2, -0.15) is 5.10 Å². The standard InChI is InChI=1S/C22H30N4/c1-8-17(9-2)24-18-12-16(6)23-21-20(18)25-26(7)22(21)19-14(4)10-13(3)11-15(19)5/h10-12,17,24H,8-9H2,1-7H3. The van der Waals surface area contributed by atoms with Crippen LogP contribution >= 0.6 is 0 Å². The maximum Gasteiger partial charge on any atom is 0.135 e. The number of pyridine rings is 1. The number of nitrogens with zero attached hydrogens (tertiary/aromatic N) is 3. The fourth-order valence-corrected chi connectivity index (χ4v) is 3.94. The molecule has 4 nitrogen and oxygen atoms in total. The van der Waals surface area contributed by atoms with E-state index >= 15 is 0 Å². The molecule has 1 N–H and O–H groups in total. The van der Waals surface area contributed by atoms with E-state index in [9.17, 15) is 0 Å². The second-order valence-corrected chi connectivity index (χ2v) is 7.41. The van der Waals surface area contributed by atoms with E-state index in [2.05, 4.69) is 65.1 Å². The second kappa shape index (κ2) is 7.10. The molecule has 0 amide bonds. The van der Waals surface area contributed by atoms with E-state index in [1.165, 1.54) is 22.3 Å². The molecule has 0 aliphatic carbocycles. The van der Waals surface area contributed by atoms with E-state index < -0.39 is 0 Å². The highest BCUT2D eigenvalue weighted by molar-refractivity contribution is 5.98. The van der Waals surface area contributed by atoms with Crippen LogP contribution in [-0.2, 0) is 7.05 Å². The van der Waals surface area contributed by atoms with Crippen LogP contribution in [0.15, 0.2) is 18.2 Å². The van der Waals surface area contributed by atoms with Gasteiger partial charge >= 0.3 is 0 Å². The summed E-state index contributed by atoms with van der Waals surface area (Å²) < 4.78 is 1.99. The SMILES string of the molecule is CCC(CC)Nc1cc(C)nc2c(-c3c(C)cc(C)cc3C)n(C)nc12. The van der Waals surface area contributed by atoms with Gasteiger partial charge in [-0.3, -0.25) is 4.68 Å². The molecule has 26 heavy (non-hydrogen) atoms. The van der Waals surface area contributed by atoms with Crippen LogP contribution in [0, 0.1) is 27.7 Å². The van der Waals surface area contributed by atoms with Gasteiger partial charge in [-0.1, -0.05) is 31.5 Å². The van der Waals surface area contributed by atoms with Crippen molar-refractivity contribution in [2.75, 3.05) is 5.32 Å². The van der Waals surface area contributed by atoms with Crippen molar-refractivity contribution in [3.8, 4) is 11.3 Å². The Bertz CT molecular complexity index is 925. The zero-order valence-corrected chi connectivity index (χ0v) is 17.1. The zero-order valence-electron chi connectivity index (χ0n) is 17.1. The number of aromatic nitrogens is 3. The van der Waals surface area contributed by atoms with Gasteiger partial charge in [0.1, 0.15) is 11.0 Å². The topological polar surface area (TPSA) is 42.7 Å². The van der Waals surface area contributed by atoms with Crippen molar-refractivity contribution >= 4 is 16.7 Å². The Morgan fingerprint density at radius 1 is 0.962 bits per heavy atom. The van der Waals surface area contributed by atoms with Gasteiger partial charge in [0.15, 0.2) is 0 Å². The van der Waals surface area contributed by atoms with Crippen LogP contribution in [0.4, 0.5) is 5.69 Å². The zero-order chi connectivity index (χ0) is 19.0. The quantitative estimate of drug-likeness (QED) is 0.663. The van der Waals surface area contributed by atoms with E-state index in [4.69, 9.17) is 10.1 Å². The van der Waals surface area contributed by atoms with Crippen molar-refractivity contribution in [1.82, 2.24) is 14.8 Å². The van der Waals surface area contributed by atoms with Crippen LogP contribution in [0.1, 0.15) is 49.1 Å². The molecular formula is C22H30N4. The van der Waals surface area contributed by atoms with Gasteiger partial charge in [-0.15, -0.1) is 0 Å². The predicted molar refractivity (Wildman–Crippen MR) is 111 cm³/mol. The minimum Gasteiger partial charge on any atom is -0.380 e. The van der Waals surface area contributed by atoms with Gasteiger partial charge in [0.25, 0.3) is 0 Å². The lowest BCUT2D eigenvalue weighted by Gasteiger charge is -2.17. The van der Waals surface area contributed by atoms with Crippen LogP contribution in [0.25, 0.3) is 22.3 Å². The predicted octanol–water partition coefficient (Wildman–Crippen LogP) is 5.47. The third kappa shape index (κ3) is 3.20. The summed E-state index contributed by atoms with van der Waals surface area (Å²) in [5, 5.41) is 8.53. The molecule has 138 valence electrons. The number of hydrogen-bond acceptors (Lipinski definition) is 3. The normalized spacial score (nSPS) is 11.5. The lowest BCUT2D eigenvalue weighted by atomic mass is 9.96. The maximum atomic E-state index is 4.87. The Balaban J connectivity index is 2.26. The molecule has 0 fully saturated rings. The summed E-state index contributed by atoms with van der Waals surface area (Å²) >= 11 is 0. The summed E-state index contributed by atoms with van der Waals surface area (Å²) in [6.07, 6.45) is 2.18. The molecule has 2 aromatic heterocycles. The first-order valence-corrected chi connectivity index (χ1v) is 9.54. The Labute approximate surface area is 156 Å². The first-order valence-electron chi connectivity index (χ1n) is 9.54. The summed E-state index contributed by atoms with van der Waals surface area (Å²) in [6.45, 7) is 13.0. The molecule has 0 radical (unpaired) electrons. The van der Waals surface area contributed by atoms with E-state index in [1.54, 1.807) is 0 Å². The molecule has 0 saturated heterocycles. The highest BCUT2D eigenvalue weighted by atomic mass is 15.3. The third-order valence-corrected chi connectivity index (χ3v) is 5.18. The van der Waals surface area contributed by atoms with E-state index in [1.807, 2.05) is 11.7 Å². The van der Waals surface area contributed by atoms with Crippen LogP contribution in [0.5, 0.6) is 0 Å². The highest BCUT2D eigenvalue weighted by Gasteiger charge is 2.20. The summed E-state index contributed by atoms with van der Waals surface area (Å²) in [5.41, 5.74) is 10.2. The molecule has 0 spiro atoms. The monoisotopic (exact) mass is 350 g/mol. The molecule has 0 atom stereocenters. The number of nitrogens with one attached hydrogen (secondary N) is 1. The number of fused-ring (bicyclic) bond motifs is 1. The first-order chi connectivity index (χ1) is 12.3. The van der Waals surface area contributed by atoms with Crippen molar-refractivity contribution in [3.63, 3.8) is 0 Å². The molecular weight excluding hydrogens is 320 g/mol.